The zero-order chi connectivity index (χ0) is 6.10. The van der Waals surface area contributed by atoms with Gasteiger partial charge in [0.15, 0.2) is 0 Å². The molecule has 0 fully saturated rings. The maximum atomic E-state index is 2.36. The number of benzene rings is 1. The van der Waals surface area contributed by atoms with Crippen molar-refractivity contribution in [1.29, 1.82) is 0 Å². The average molecular weight is 172 g/mol. The molecule has 1 heterocycles. The summed E-state index contributed by atoms with van der Waals surface area (Å²) in [4.78, 5) is 0. The van der Waals surface area contributed by atoms with E-state index in [0.717, 1.165) is 0 Å². The quantitative estimate of drug-likeness (QED) is 0.512. The predicted octanol–water partition coefficient (Wildman–Crippen LogP) is 1.00. The molecule has 0 aromatic heterocycles. The Bertz CT molecular complexity index is 250. The Morgan fingerprint density at radius 1 is 1.11 bits per heavy atom. The first-order valence-corrected chi connectivity index (χ1v) is 5.68. The van der Waals surface area contributed by atoms with Crippen molar-refractivity contribution in [1.82, 2.24) is 0 Å². The molecule has 1 aliphatic rings. The van der Waals surface area contributed by atoms with Gasteiger partial charge in [-0.1, -0.05) is 0 Å². The Balaban J connectivity index is 2.63. The molecule has 0 atom stereocenters. The van der Waals surface area contributed by atoms with Crippen LogP contribution in [0.1, 0.15) is 5.56 Å². The normalized spacial score (nSPS) is 12.9. The van der Waals surface area contributed by atoms with Gasteiger partial charge in [-0.25, -0.2) is 0 Å². The van der Waals surface area contributed by atoms with E-state index >= 15 is 0 Å². The van der Waals surface area contributed by atoms with Crippen molar-refractivity contribution in [3.63, 3.8) is 0 Å². The van der Waals surface area contributed by atoms with Crippen LogP contribution >= 0.6 is 0 Å². The van der Waals surface area contributed by atoms with Crippen LogP contribution in [0.5, 0.6) is 0 Å². The Morgan fingerprint density at radius 3 is 2.89 bits per heavy atom. The Hall–Kier alpha value is -0.404. The van der Waals surface area contributed by atoms with Crippen molar-refractivity contribution in [2.45, 2.75) is 0 Å². The molecule has 2 rings (SSSR count). The topological polar surface area (TPSA) is 0 Å². The molecule has 1 aromatic carbocycles. The summed E-state index contributed by atoms with van der Waals surface area (Å²) < 4.78 is 3.97. The molecule has 1 heteroatoms. The van der Waals surface area contributed by atoms with Crippen LogP contribution in [-0.2, 0) is 0 Å². The van der Waals surface area contributed by atoms with Gasteiger partial charge in [-0.05, 0) is 0 Å². The van der Waals surface area contributed by atoms with Crippen LogP contribution in [0.3, 0.4) is 0 Å². The monoisotopic (exact) mass is 171 g/mol. The van der Waals surface area contributed by atoms with Gasteiger partial charge in [0.25, 0.3) is 0 Å². The summed E-state index contributed by atoms with van der Waals surface area (Å²) >= 11 is -0.128. The molecule has 1 aliphatic heterocycles. The fraction of sp³-hybridized carbons (Fsp3) is 0. The molecule has 0 amide bonds. The number of hydrogen-bond donors (Lipinski definition) is 0. The van der Waals surface area contributed by atoms with Crippen LogP contribution in [0.15, 0.2) is 28.9 Å². The summed E-state index contributed by atoms with van der Waals surface area (Å²) in [5.41, 5.74) is 1.46. The van der Waals surface area contributed by atoms with E-state index in [1.54, 1.807) is 4.12 Å². The molecule has 0 saturated carbocycles. The second-order valence-electron chi connectivity index (χ2n) is 2.15. The molecule has 41 valence electrons. The van der Waals surface area contributed by atoms with Gasteiger partial charge >= 0.3 is 62.1 Å². The summed E-state index contributed by atoms with van der Waals surface area (Å²) in [6.07, 6.45) is 2.25. The molecular weight excluding hydrogens is 166 g/mol. The van der Waals surface area contributed by atoms with Gasteiger partial charge in [0.05, 0.1) is 0 Å². The average Bonchev–Trinajstić information content (AvgIpc) is 2.33. The summed E-state index contributed by atoms with van der Waals surface area (Å²) in [7, 11) is 0. The minimum absolute atomic E-state index is 0.128. The molecule has 1 radical (unpaired) electrons. The maximum absolute atomic E-state index is 2.36. The van der Waals surface area contributed by atoms with Crippen molar-refractivity contribution >= 4 is 27.6 Å². The third kappa shape index (κ3) is 0.864. The van der Waals surface area contributed by atoms with Gasteiger partial charge in [0.2, 0.25) is 0 Å². The zero-order valence-electron chi connectivity index (χ0n) is 5.04. The third-order valence-corrected chi connectivity index (χ3v) is 4.21. The van der Waals surface area contributed by atoms with Gasteiger partial charge in [-0.15, -0.1) is 0 Å². The minimum atomic E-state index is -0.128. The van der Waals surface area contributed by atoms with E-state index in [4.69, 9.17) is 0 Å². The summed E-state index contributed by atoms with van der Waals surface area (Å²) in [5.74, 6) is 0. The number of fused-ring (bicyclic) bond motifs is 1. The molecule has 0 spiro atoms. The SMILES string of the molecule is [CH]1=Cc2cccc[c]2[Ga]1. The van der Waals surface area contributed by atoms with E-state index in [1.165, 1.54) is 5.56 Å². The number of rotatable bonds is 0. The standard InChI is InChI=1S/C8H6.Ga/c1-2-8-6-4-3-5-7-8;/h1-6H;. The number of hydrogen-bond acceptors (Lipinski definition) is 0. The molecule has 0 aliphatic carbocycles. The fourth-order valence-electron chi connectivity index (χ4n) is 1.07. The molecule has 0 N–H and O–H groups in total. The van der Waals surface area contributed by atoms with E-state index in [9.17, 15) is 0 Å². The molecule has 0 nitrogen and oxygen atoms in total. The molecule has 0 saturated heterocycles. The molecular formula is C8H6Ga. The molecule has 0 unspecified atom stereocenters. The summed E-state index contributed by atoms with van der Waals surface area (Å²) in [6, 6.07) is 8.67. The first-order chi connectivity index (χ1) is 4.47. The van der Waals surface area contributed by atoms with Gasteiger partial charge in [-0.2, -0.15) is 0 Å². The Labute approximate surface area is 62.4 Å². The third-order valence-electron chi connectivity index (χ3n) is 1.55. The van der Waals surface area contributed by atoms with Crippen LogP contribution in [-0.4, -0.2) is 17.4 Å². The van der Waals surface area contributed by atoms with Gasteiger partial charge in [0.1, 0.15) is 0 Å². The van der Waals surface area contributed by atoms with Gasteiger partial charge < -0.3 is 0 Å². The van der Waals surface area contributed by atoms with Crippen molar-refractivity contribution in [2.75, 3.05) is 0 Å². The molecule has 9 heavy (non-hydrogen) atoms. The Morgan fingerprint density at radius 2 is 2.00 bits per heavy atom. The summed E-state index contributed by atoms with van der Waals surface area (Å²) in [6.45, 7) is 0. The van der Waals surface area contributed by atoms with Crippen LogP contribution in [0, 0.1) is 0 Å². The van der Waals surface area contributed by atoms with Crippen LogP contribution in [0.2, 0.25) is 0 Å². The van der Waals surface area contributed by atoms with Crippen molar-refractivity contribution in [2.24, 2.45) is 0 Å². The molecule has 1 aromatic rings. The van der Waals surface area contributed by atoms with E-state index in [0.29, 0.717) is 0 Å². The van der Waals surface area contributed by atoms with E-state index in [-0.39, 0.29) is 17.4 Å². The van der Waals surface area contributed by atoms with Crippen LogP contribution in [0.4, 0.5) is 0 Å². The van der Waals surface area contributed by atoms with Crippen molar-refractivity contribution in [3.8, 4) is 0 Å². The first kappa shape index (κ1) is 5.39. The second-order valence-corrected chi connectivity index (χ2v) is 4.97. The van der Waals surface area contributed by atoms with Gasteiger partial charge in [0, 0.05) is 0 Å². The van der Waals surface area contributed by atoms with E-state index in [1.807, 2.05) is 0 Å². The first-order valence-electron chi connectivity index (χ1n) is 3.07. The van der Waals surface area contributed by atoms with Crippen LogP contribution < -0.4 is 4.12 Å². The van der Waals surface area contributed by atoms with Crippen molar-refractivity contribution in [3.05, 3.63) is 34.5 Å². The fourth-order valence-corrected chi connectivity index (χ4v) is 3.42. The zero-order valence-corrected chi connectivity index (χ0v) is 7.46. The van der Waals surface area contributed by atoms with Crippen molar-refractivity contribution < 1.29 is 0 Å². The summed E-state index contributed by atoms with van der Waals surface area (Å²) in [5, 5.41) is 0. The Kier molecular flexibility index (Phi) is 1.25. The van der Waals surface area contributed by atoms with E-state index in [2.05, 4.69) is 35.0 Å². The second kappa shape index (κ2) is 2.08. The van der Waals surface area contributed by atoms with Gasteiger partial charge in [-0.3, -0.25) is 0 Å². The van der Waals surface area contributed by atoms with E-state index < -0.39 is 0 Å². The predicted molar refractivity (Wildman–Crippen MR) is 40.9 cm³/mol. The molecule has 0 bridgehead atoms. The van der Waals surface area contributed by atoms with Crippen LogP contribution in [0.25, 0.3) is 6.08 Å².